The van der Waals surface area contributed by atoms with Gasteiger partial charge in [0.15, 0.2) is 15.6 Å². The summed E-state index contributed by atoms with van der Waals surface area (Å²) in [4.78, 5) is 0.822. The van der Waals surface area contributed by atoms with Crippen molar-refractivity contribution in [1.29, 1.82) is 0 Å². The Balaban J connectivity index is 2.63. The smallest absolute Gasteiger partial charge is 0.203 e. The molecular formula is C9H10N2O3S2. The first-order valence-corrected chi connectivity index (χ1v) is 7.23. The van der Waals surface area contributed by atoms with Gasteiger partial charge in [0, 0.05) is 12.8 Å². The van der Waals surface area contributed by atoms with Crippen molar-refractivity contribution in [2.75, 3.05) is 6.26 Å². The third kappa shape index (κ3) is 1.89. The largest absolute Gasteiger partial charge is 0.354 e. The lowest BCUT2D eigenvalue weighted by Gasteiger charge is -1.96. The maximum absolute atomic E-state index is 11.4. The van der Waals surface area contributed by atoms with Crippen LogP contribution < -0.4 is 5.73 Å². The Hall–Kier alpha value is -1.18. The molecule has 86 valence electrons. The van der Waals surface area contributed by atoms with Gasteiger partial charge in [0.2, 0.25) is 5.03 Å². The van der Waals surface area contributed by atoms with Gasteiger partial charge in [-0.25, -0.2) is 8.42 Å². The molecule has 0 atom stereocenters. The molecule has 0 fully saturated rings. The fraction of sp³-hybridized carbons (Fsp3) is 0.222. The molecule has 2 aromatic heterocycles. The first-order chi connectivity index (χ1) is 7.54. The molecule has 2 aromatic rings. The summed E-state index contributed by atoms with van der Waals surface area (Å²) < 4.78 is 27.9. The third-order valence-corrected chi connectivity index (χ3v) is 3.94. The summed E-state index contributed by atoms with van der Waals surface area (Å²) >= 11 is 1.45. The molecule has 0 aliphatic rings. The number of nitrogens with two attached hydrogens (primary N) is 1. The van der Waals surface area contributed by atoms with Crippen molar-refractivity contribution in [3.63, 3.8) is 0 Å². The average Bonchev–Trinajstić information content (AvgIpc) is 2.84. The van der Waals surface area contributed by atoms with Gasteiger partial charge in [0.1, 0.15) is 0 Å². The topological polar surface area (TPSA) is 86.2 Å². The highest BCUT2D eigenvalue weighted by molar-refractivity contribution is 7.90. The Morgan fingerprint density at radius 1 is 1.56 bits per heavy atom. The second-order valence-corrected chi connectivity index (χ2v) is 6.13. The van der Waals surface area contributed by atoms with Crippen molar-refractivity contribution >= 4 is 21.2 Å². The van der Waals surface area contributed by atoms with Gasteiger partial charge in [-0.2, -0.15) is 0 Å². The van der Waals surface area contributed by atoms with Crippen molar-refractivity contribution < 1.29 is 12.9 Å². The van der Waals surface area contributed by atoms with Crippen LogP contribution in [0.5, 0.6) is 0 Å². The maximum Gasteiger partial charge on any atom is 0.203 e. The fourth-order valence-corrected chi connectivity index (χ4v) is 2.89. The van der Waals surface area contributed by atoms with Gasteiger partial charge >= 0.3 is 0 Å². The molecule has 0 bridgehead atoms. The normalized spacial score (nSPS) is 11.9. The summed E-state index contributed by atoms with van der Waals surface area (Å²) in [5.41, 5.74) is 5.97. The second kappa shape index (κ2) is 4.00. The van der Waals surface area contributed by atoms with E-state index in [1.54, 1.807) is 0 Å². The van der Waals surface area contributed by atoms with Crippen molar-refractivity contribution in [2.24, 2.45) is 5.73 Å². The Morgan fingerprint density at radius 2 is 2.31 bits per heavy atom. The van der Waals surface area contributed by atoms with Gasteiger partial charge in [-0.05, 0) is 11.4 Å². The van der Waals surface area contributed by atoms with Gasteiger partial charge in [-0.15, -0.1) is 11.3 Å². The fourth-order valence-electron chi connectivity index (χ4n) is 1.37. The first-order valence-electron chi connectivity index (χ1n) is 4.46. The van der Waals surface area contributed by atoms with E-state index < -0.39 is 9.84 Å². The van der Waals surface area contributed by atoms with Gasteiger partial charge in [-0.1, -0.05) is 11.2 Å². The minimum atomic E-state index is -3.40. The van der Waals surface area contributed by atoms with Crippen LogP contribution in [0, 0.1) is 0 Å². The van der Waals surface area contributed by atoms with Crippen LogP contribution in [0.2, 0.25) is 0 Å². The first kappa shape index (κ1) is 11.3. The van der Waals surface area contributed by atoms with Crippen LogP contribution in [-0.2, 0) is 16.4 Å². The predicted octanol–water partition coefficient (Wildman–Crippen LogP) is 1.27. The molecule has 0 spiro atoms. The molecule has 0 aromatic carbocycles. The van der Waals surface area contributed by atoms with Gasteiger partial charge in [0.25, 0.3) is 0 Å². The number of thiophene rings is 1. The van der Waals surface area contributed by atoms with Crippen LogP contribution in [0.25, 0.3) is 10.6 Å². The van der Waals surface area contributed by atoms with Crippen LogP contribution in [0.4, 0.5) is 0 Å². The van der Waals surface area contributed by atoms with Gasteiger partial charge < -0.3 is 10.3 Å². The maximum atomic E-state index is 11.4. The molecule has 0 aliphatic carbocycles. The van der Waals surface area contributed by atoms with Crippen LogP contribution in [-0.4, -0.2) is 19.8 Å². The van der Waals surface area contributed by atoms with Crippen LogP contribution in [0.1, 0.15) is 5.56 Å². The van der Waals surface area contributed by atoms with E-state index in [9.17, 15) is 8.42 Å². The van der Waals surface area contributed by atoms with E-state index >= 15 is 0 Å². The summed E-state index contributed by atoms with van der Waals surface area (Å²) in [6.07, 6.45) is 1.09. The highest BCUT2D eigenvalue weighted by atomic mass is 32.2. The lowest BCUT2D eigenvalue weighted by atomic mass is 10.2. The van der Waals surface area contributed by atoms with Gasteiger partial charge in [-0.3, -0.25) is 0 Å². The molecule has 0 unspecified atom stereocenters. The molecular weight excluding hydrogens is 248 g/mol. The second-order valence-electron chi connectivity index (χ2n) is 3.25. The van der Waals surface area contributed by atoms with Crippen molar-refractivity contribution in [3.05, 3.63) is 23.1 Å². The van der Waals surface area contributed by atoms with E-state index in [4.69, 9.17) is 10.3 Å². The van der Waals surface area contributed by atoms with E-state index in [2.05, 4.69) is 5.16 Å². The molecule has 0 amide bonds. The minimum Gasteiger partial charge on any atom is -0.354 e. The molecule has 7 heteroatoms. The van der Waals surface area contributed by atoms with E-state index in [0.29, 0.717) is 11.3 Å². The van der Waals surface area contributed by atoms with Crippen molar-refractivity contribution in [2.45, 2.75) is 11.6 Å². The summed E-state index contributed by atoms with van der Waals surface area (Å²) in [6.45, 7) is 0.0825. The highest BCUT2D eigenvalue weighted by Crippen LogP contribution is 2.31. The average molecular weight is 258 g/mol. The zero-order chi connectivity index (χ0) is 11.8. The highest BCUT2D eigenvalue weighted by Gasteiger charge is 2.23. The van der Waals surface area contributed by atoms with Crippen molar-refractivity contribution in [3.8, 4) is 10.6 Å². The lowest BCUT2D eigenvalue weighted by Crippen LogP contribution is -2.05. The monoisotopic (exact) mass is 258 g/mol. The zero-order valence-corrected chi connectivity index (χ0v) is 10.1. The number of nitrogens with zero attached hydrogens (tertiary/aromatic N) is 1. The molecule has 2 rings (SSSR count). The zero-order valence-electron chi connectivity index (χ0n) is 8.50. The van der Waals surface area contributed by atoms with Crippen LogP contribution in [0.3, 0.4) is 0 Å². The number of aromatic nitrogens is 1. The lowest BCUT2D eigenvalue weighted by molar-refractivity contribution is 0.413. The minimum absolute atomic E-state index is 0.0709. The van der Waals surface area contributed by atoms with E-state index in [-0.39, 0.29) is 11.6 Å². The number of sulfone groups is 1. The van der Waals surface area contributed by atoms with E-state index in [1.807, 2.05) is 17.5 Å². The molecule has 2 heterocycles. The Bertz CT molecular complexity index is 584. The van der Waals surface area contributed by atoms with Crippen molar-refractivity contribution in [1.82, 2.24) is 5.16 Å². The van der Waals surface area contributed by atoms with Crippen LogP contribution >= 0.6 is 11.3 Å². The SMILES string of the molecule is CS(=O)(=O)c1noc(-c2cccs2)c1CN. The molecule has 0 saturated heterocycles. The Labute approximate surface area is 96.8 Å². The van der Waals surface area contributed by atoms with Gasteiger partial charge in [0.05, 0.1) is 10.4 Å². The predicted molar refractivity (Wildman–Crippen MR) is 60.8 cm³/mol. The molecule has 5 nitrogen and oxygen atoms in total. The molecule has 16 heavy (non-hydrogen) atoms. The summed E-state index contributed by atoms with van der Waals surface area (Å²) in [7, 11) is -3.40. The van der Waals surface area contributed by atoms with E-state index in [1.165, 1.54) is 11.3 Å². The Kier molecular flexibility index (Phi) is 2.83. The molecule has 0 aliphatic heterocycles. The summed E-state index contributed by atoms with van der Waals surface area (Å²) in [5, 5.41) is 5.38. The third-order valence-electron chi connectivity index (χ3n) is 2.05. The summed E-state index contributed by atoms with van der Waals surface area (Å²) in [6, 6.07) is 3.68. The number of hydrogen-bond acceptors (Lipinski definition) is 6. The number of hydrogen-bond donors (Lipinski definition) is 1. The standard InChI is InChI=1S/C9H10N2O3S2/c1-16(12,13)9-6(5-10)8(14-11-9)7-3-2-4-15-7/h2-4H,5,10H2,1H3. The van der Waals surface area contributed by atoms with Crippen LogP contribution in [0.15, 0.2) is 27.1 Å². The number of rotatable bonds is 3. The molecule has 0 saturated carbocycles. The summed E-state index contributed by atoms with van der Waals surface area (Å²) in [5.74, 6) is 0.443. The Morgan fingerprint density at radius 3 is 2.81 bits per heavy atom. The quantitative estimate of drug-likeness (QED) is 0.895. The molecule has 2 N–H and O–H groups in total. The van der Waals surface area contributed by atoms with E-state index in [0.717, 1.165) is 11.1 Å². The molecule has 0 radical (unpaired) electrons.